The van der Waals surface area contributed by atoms with Crippen LogP contribution in [-0.4, -0.2) is 74.5 Å². The highest BCUT2D eigenvalue weighted by Gasteiger charge is 2.28. The van der Waals surface area contributed by atoms with E-state index in [9.17, 15) is 9.59 Å². The van der Waals surface area contributed by atoms with Crippen LogP contribution in [0.5, 0.6) is 0 Å². The van der Waals surface area contributed by atoms with E-state index in [1.165, 1.54) is 20.0 Å². The molecule has 1 aliphatic heterocycles. The topological polar surface area (TPSA) is 74.2 Å². The Balaban J connectivity index is 0.00000312. The summed E-state index contributed by atoms with van der Waals surface area (Å²) in [4.78, 5) is 31.8. The summed E-state index contributed by atoms with van der Waals surface area (Å²) in [6.45, 7) is 1.67. The third-order valence-electron chi connectivity index (χ3n) is 4.88. The summed E-state index contributed by atoms with van der Waals surface area (Å²) < 4.78 is 4.84. The van der Waals surface area contributed by atoms with Crippen LogP contribution < -0.4 is 5.32 Å². The van der Waals surface area contributed by atoms with Crippen LogP contribution in [0, 0.1) is 5.92 Å². The van der Waals surface area contributed by atoms with Gasteiger partial charge in [-0.05, 0) is 25.7 Å². The molecule has 1 N–H and O–H groups in total. The second kappa shape index (κ2) is 10.8. The number of carbonyl (C=O) groups is 2. The van der Waals surface area contributed by atoms with E-state index in [4.69, 9.17) is 4.74 Å². The van der Waals surface area contributed by atoms with Gasteiger partial charge < -0.3 is 19.9 Å². The number of guanidine groups is 1. The summed E-state index contributed by atoms with van der Waals surface area (Å²) in [6.07, 6.45) is 6.32. The van der Waals surface area contributed by atoms with Crippen LogP contribution >= 0.6 is 24.0 Å². The molecule has 1 amide bonds. The van der Waals surface area contributed by atoms with Crippen molar-refractivity contribution < 1.29 is 14.3 Å². The van der Waals surface area contributed by atoms with Gasteiger partial charge in [0.2, 0.25) is 5.91 Å². The average molecular weight is 466 g/mol. The maximum absolute atomic E-state index is 11.9. The van der Waals surface area contributed by atoms with E-state index in [0.717, 1.165) is 44.7 Å². The van der Waals surface area contributed by atoms with E-state index in [1.807, 2.05) is 0 Å². The van der Waals surface area contributed by atoms with Crippen LogP contribution in [-0.2, 0) is 14.3 Å². The zero-order chi connectivity index (χ0) is 17.5. The standard InChI is InChI=1S/C17H30N4O3.HI/c1-20(2)15(22)12-18-17(19-14-6-4-5-7-14)21-10-8-13(9-11-21)16(23)24-3;/h13-14H,4-12H2,1-3H3,(H,18,19);1H. The fourth-order valence-electron chi connectivity index (χ4n) is 3.27. The van der Waals surface area contributed by atoms with Gasteiger partial charge in [0.1, 0.15) is 6.54 Å². The Hall–Kier alpha value is -1.06. The van der Waals surface area contributed by atoms with Gasteiger partial charge in [0, 0.05) is 33.2 Å². The van der Waals surface area contributed by atoms with Crippen LogP contribution in [0.2, 0.25) is 0 Å². The number of amides is 1. The number of hydrogen-bond acceptors (Lipinski definition) is 4. The number of piperidine rings is 1. The van der Waals surface area contributed by atoms with Gasteiger partial charge in [0.25, 0.3) is 0 Å². The molecule has 0 aromatic carbocycles. The molecule has 25 heavy (non-hydrogen) atoms. The lowest BCUT2D eigenvalue weighted by Crippen LogP contribution is -2.49. The molecule has 0 radical (unpaired) electrons. The first-order valence-corrected chi connectivity index (χ1v) is 8.85. The molecule has 0 aromatic heterocycles. The SMILES string of the molecule is COC(=O)C1CCN(C(=NCC(=O)N(C)C)NC2CCCC2)CC1.I. The minimum Gasteiger partial charge on any atom is -0.469 e. The highest BCUT2D eigenvalue weighted by Crippen LogP contribution is 2.21. The van der Waals surface area contributed by atoms with Gasteiger partial charge in [-0.2, -0.15) is 0 Å². The fourth-order valence-corrected chi connectivity index (χ4v) is 3.27. The molecule has 0 unspecified atom stereocenters. The number of hydrogen-bond donors (Lipinski definition) is 1. The summed E-state index contributed by atoms with van der Waals surface area (Å²) >= 11 is 0. The molecule has 1 aliphatic carbocycles. The molecule has 1 saturated carbocycles. The molecular weight excluding hydrogens is 435 g/mol. The summed E-state index contributed by atoms with van der Waals surface area (Å²) in [7, 11) is 4.92. The van der Waals surface area contributed by atoms with Crippen molar-refractivity contribution in [3.8, 4) is 0 Å². The fraction of sp³-hybridized carbons (Fsp3) is 0.824. The molecule has 7 nitrogen and oxygen atoms in total. The molecule has 0 atom stereocenters. The first kappa shape index (κ1) is 22.0. The summed E-state index contributed by atoms with van der Waals surface area (Å²) in [5, 5.41) is 3.53. The minimum atomic E-state index is -0.125. The van der Waals surface area contributed by atoms with Crippen molar-refractivity contribution in [2.75, 3.05) is 40.8 Å². The van der Waals surface area contributed by atoms with Gasteiger partial charge in [-0.1, -0.05) is 12.8 Å². The van der Waals surface area contributed by atoms with Gasteiger partial charge in [-0.15, -0.1) is 24.0 Å². The molecule has 144 valence electrons. The van der Waals surface area contributed by atoms with Gasteiger partial charge in [-0.3, -0.25) is 9.59 Å². The van der Waals surface area contributed by atoms with Crippen molar-refractivity contribution in [2.24, 2.45) is 10.9 Å². The molecule has 8 heteroatoms. The first-order chi connectivity index (χ1) is 11.5. The maximum atomic E-state index is 11.9. The van der Waals surface area contributed by atoms with Crippen molar-refractivity contribution >= 4 is 41.8 Å². The van der Waals surface area contributed by atoms with Crippen LogP contribution in [0.3, 0.4) is 0 Å². The average Bonchev–Trinajstić information content (AvgIpc) is 3.10. The molecule has 2 aliphatic rings. The molecule has 1 heterocycles. The van der Waals surface area contributed by atoms with Gasteiger partial charge in [0.15, 0.2) is 5.96 Å². The first-order valence-electron chi connectivity index (χ1n) is 8.85. The van der Waals surface area contributed by atoms with Gasteiger partial charge in [-0.25, -0.2) is 4.99 Å². The summed E-state index contributed by atoms with van der Waals surface area (Å²) in [6, 6.07) is 0.441. The highest BCUT2D eigenvalue weighted by atomic mass is 127. The second-order valence-electron chi connectivity index (χ2n) is 6.84. The molecule has 2 rings (SSSR count). The molecule has 2 fully saturated rings. The van der Waals surface area contributed by atoms with Crippen LogP contribution in [0.15, 0.2) is 4.99 Å². The highest BCUT2D eigenvalue weighted by molar-refractivity contribution is 14.0. The maximum Gasteiger partial charge on any atom is 0.308 e. The largest absolute Gasteiger partial charge is 0.469 e. The molecule has 0 bridgehead atoms. The Morgan fingerprint density at radius 1 is 1.16 bits per heavy atom. The van der Waals surface area contributed by atoms with E-state index in [0.29, 0.717) is 6.04 Å². The predicted molar refractivity (Wildman–Crippen MR) is 108 cm³/mol. The predicted octanol–water partition coefficient (Wildman–Crippen LogP) is 1.47. The van der Waals surface area contributed by atoms with E-state index < -0.39 is 0 Å². The number of nitrogens with one attached hydrogen (secondary N) is 1. The number of carbonyl (C=O) groups excluding carboxylic acids is 2. The van der Waals surface area contributed by atoms with Crippen molar-refractivity contribution in [3.63, 3.8) is 0 Å². The molecular formula is C17H31IN4O3. The lowest BCUT2D eigenvalue weighted by molar-refractivity contribution is -0.146. The third-order valence-corrected chi connectivity index (χ3v) is 4.88. The van der Waals surface area contributed by atoms with E-state index in [2.05, 4.69) is 15.2 Å². The monoisotopic (exact) mass is 466 g/mol. The third kappa shape index (κ3) is 6.63. The number of likely N-dealkylation sites (tertiary alicyclic amines) is 1. The normalized spacial score (nSPS) is 19.3. The molecule has 1 saturated heterocycles. The van der Waals surface area contributed by atoms with Gasteiger partial charge >= 0.3 is 5.97 Å². The number of methoxy groups -OCH3 is 1. The smallest absolute Gasteiger partial charge is 0.308 e. The lowest BCUT2D eigenvalue weighted by atomic mass is 9.97. The number of likely N-dealkylation sites (N-methyl/N-ethyl adjacent to an activating group) is 1. The Bertz CT molecular complexity index is 471. The molecule has 0 aromatic rings. The summed E-state index contributed by atoms with van der Waals surface area (Å²) in [5.74, 6) is 0.646. The quantitative estimate of drug-likeness (QED) is 0.294. The Kier molecular flexibility index (Phi) is 9.52. The second-order valence-corrected chi connectivity index (χ2v) is 6.84. The Morgan fingerprint density at radius 3 is 2.28 bits per heavy atom. The number of esters is 1. The van der Waals surface area contributed by atoms with Crippen LogP contribution in [0.25, 0.3) is 0 Å². The van der Waals surface area contributed by atoms with Crippen molar-refractivity contribution in [1.82, 2.24) is 15.1 Å². The number of halogens is 1. The zero-order valence-electron chi connectivity index (χ0n) is 15.5. The van der Waals surface area contributed by atoms with Crippen molar-refractivity contribution in [1.29, 1.82) is 0 Å². The van der Waals surface area contributed by atoms with Crippen LogP contribution in [0.1, 0.15) is 38.5 Å². The summed E-state index contributed by atoms with van der Waals surface area (Å²) in [5.41, 5.74) is 0. The number of aliphatic imine (C=N–C) groups is 1. The van der Waals surface area contributed by atoms with Gasteiger partial charge in [0.05, 0.1) is 13.0 Å². The minimum absolute atomic E-state index is 0. The van der Waals surface area contributed by atoms with E-state index in [-0.39, 0.29) is 48.3 Å². The zero-order valence-corrected chi connectivity index (χ0v) is 17.8. The lowest BCUT2D eigenvalue weighted by Gasteiger charge is -2.34. The Morgan fingerprint density at radius 2 is 1.76 bits per heavy atom. The molecule has 0 spiro atoms. The number of nitrogens with zero attached hydrogens (tertiary/aromatic N) is 3. The Labute approximate surface area is 167 Å². The van der Waals surface area contributed by atoms with E-state index >= 15 is 0 Å². The number of ether oxygens (including phenoxy) is 1. The number of rotatable bonds is 4. The van der Waals surface area contributed by atoms with Crippen molar-refractivity contribution in [3.05, 3.63) is 0 Å². The van der Waals surface area contributed by atoms with Crippen molar-refractivity contribution in [2.45, 2.75) is 44.6 Å². The van der Waals surface area contributed by atoms with E-state index in [1.54, 1.807) is 19.0 Å². The van der Waals surface area contributed by atoms with Crippen LogP contribution in [0.4, 0.5) is 0 Å².